The Balaban J connectivity index is 1.66. The number of nitrogens with two attached hydrogens (primary N) is 1. The topological polar surface area (TPSA) is 107 Å². The summed E-state index contributed by atoms with van der Waals surface area (Å²) in [5, 5.41) is 8.45. The Morgan fingerprint density at radius 1 is 1.14 bits per heavy atom. The molecule has 0 radical (unpaired) electrons. The van der Waals surface area contributed by atoms with Crippen LogP contribution < -0.4 is 16.6 Å². The number of hydrogen-bond acceptors (Lipinski definition) is 5. The molecule has 3 N–H and O–H groups in total. The second-order valence-corrected chi connectivity index (χ2v) is 8.31. The van der Waals surface area contributed by atoms with Crippen molar-refractivity contribution in [2.24, 2.45) is 0 Å². The third-order valence-corrected chi connectivity index (χ3v) is 5.93. The van der Waals surface area contributed by atoms with Crippen LogP contribution in [0, 0.1) is 11.8 Å². The van der Waals surface area contributed by atoms with Gasteiger partial charge in [-0.3, -0.25) is 14.2 Å². The number of benzene rings is 2. The molecule has 8 heteroatoms. The Kier molecular flexibility index (Phi) is 5.97. The fraction of sp³-hybridized carbons (Fsp3) is 0.143. The summed E-state index contributed by atoms with van der Waals surface area (Å²) in [6.07, 6.45) is 3.94. The fourth-order valence-electron chi connectivity index (χ4n) is 4.30. The van der Waals surface area contributed by atoms with Crippen LogP contribution in [-0.4, -0.2) is 25.1 Å². The van der Waals surface area contributed by atoms with Crippen molar-refractivity contribution in [3.63, 3.8) is 0 Å². The number of nitrogens with zero attached hydrogens (tertiary/aromatic N) is 4. The molecule has 0 aliphatic carbocycles. The van der Waals surface area contributed by atoms with Gasteiger partial charge in [-0.15, -0.1) is 5.10 Å². The molecule has 0 aliphatic rings. The zero-order valence-corrected chi connectivity index (χ0v) is 19.9. The third kappa shape index (κ3) is 3.97. The van der Waals surface area contributed by atoms with Crippen LogP contribution in [0.3, 0.4) is 0 Å². The lowest BCUT2D eigenvalue weighted by Gasteiger charge is -2.21. The highest BCUT2D eigenvalue weighted by Gasteiger charge is 2.23. The number of carbonyl (C=O) groups is 1. The molecule has 36 heavy (non-hydrogen) atoms. The summed E-state index contributed by atoms with van der Waals surface area (Å²) >= 11 is 0. The van der Waals surface area contributed by atoms with Crippen LogP contribution in [0.25, 0.3) is 22.1 Å². The first kappa shape index (κ1) is 22.9. The van der Waals surface area contributed by atoms with Crippen LogP contribution >= 0.6 is 0 Å². The van der Waals surface area contributed by atoms with Crippen molar-refractivity contribution >= 4 is 28.1 Å². The van der Waals surface area contributed by atoms with E-state index >= 15 is 0 Å². The number of fused-ring (bicyclic) bond motifs is 2. The monoisotopic (exact) mass is 476 g/mol. The Labute approximate surface area is 207 Å². The van der Waals surface area contributed by atoms with Gasteiger partial charge in [0.15, 0.2) is 11.5 Å². The summed E-state index contributed by atoms with van der Waals surface area (Å²) in [5.74, 6) is 5.83. The zero-order chi connectivity index (χ0) is 25.2. The van der Waals surface area contributed by atoms with E-state index in [2.05, 4.69) is 27.2 Å². The molecule has 8 nitrogen and oxygen atoms in total. The highest BCUT2D eigenvalue weighted by molar-refractivity contribution is 6.04. The van der Waals surface area contributed by atoms with Crippen LogP contribution in [0.15, 0.2) is 77.9 Å². The number of aromatic nitrogens is 4. The SMILES string of the molecule is CCC#Cc1cccc2cc([C@H](C)NC(=O)c3c(N)nn4cccnc34)n(-c3ccccc3)c(=O)c12. The number of nitrogens with one attached hydrogen (secondary N) is 1. The molecule has 0 saturated heterocycles. The molecule has 178 valence electrons. The lowest BCUT2D eigenvalue weighted by Crippen LogP contribution is -2.32. The number of carbonyl (C=O) groups excluding carboxylic acids is 1. The van der Waals surface area contributed by atoms with Crippen molar-refractivity contribution in [2.75, 3.05) is 5.73 Å². The lowest BCUT2D eigenvalue weighted by atomic mass is 10.0. The second kappa shape index (κ2) is 9.39. The van der Waals surface area contributed by atoms with Crippen molar-refractivity contribution in [2.45, 2.75) is 26.3 Å². The third-order valence-electron chi connectivity index (χ3n) is 5.93. The van der Waals surface area contributed by atoms with Crippen LogP contribution in [0.5, 0.6) is 0 Å². The van der Waals surface area contributed by atoms with Gasteiger partial charge in [-0.1, -0.05) is 49.1 Å². The number of pyridine rings is 1. The molecular weight excluding hydrogens is 452 g/mol. The van der Waals surface area contributed by atoms with E-state index in [1.807, 2.05) is 68.4 Å². The number of rotatable bonds is 4. The fourth-order valence-corrected chi connectivity index (χ4v) is 4.30. The molecule has 0 spiro atoms. The molecule has 0 unspecified atom stereocenters. The Hall–Kier alpha value is -4.90. The highest BCUT2D eigenvalue weighted by Crippen LogP contribution is 2.24. The van der Waals surface area contributed by atoms with Gasteiger partial charge in [0.25, 0.3) is 11.5 Å². The molecule has 3 heterocycles. The van der Waals surface area contributed by atoms with E-state index in [4.69, 9.17) is 5.73 Å². The van der Waals surface area contributed by atoms with Crippen molar-refractivity contribution in [1.29, 1.82) is 0 Å². The number of anilines is 1. The smallest absolute Gasteiger partial charge is 0.264 e. The molecule has 0 aliphatic heterocycles. The summed E-state index contributed by atoms with van der Waals surface area (Å²) in [6, 6.07) is 18.0. The van der Waals surface area contributed by atoms with Gasteiger partial charge in [0, 0.05) is 35.8 Å². The highest BCUT2D eigenvalue weighted by atomic mass is 16.2. The molecule has 1 atom stereocenters. The van der Waals surface area contributed by atoms with Gasteiger partial charge >= 0.3 is 0 Å². The van der Waals surface area contributed by atoms with Gasteiger partial charge in [-0.25, -0.2) is 9.50 Å². The van der Waals surface area contributed by atoms with Crippen molar-refractivity contribution in [3.05, 3.63) is 100 Å². The lowest BCUT2D eigenvalue weighted by molar-refractivity contribution is 0.0941. The van der Waals surface area contributed by atoms with Crippen LogP contribution in [0.1, 0.15) is 47.9 Å². The quantitative estimate of drug-likeness (QED) is 0.383. The number of nitrogen functional groups attached to an aromatic ring is 1. The van der Waals surface area contributed by atoms with Crippen LogP contribution in [0.4, 0.5) is 5.82 Å². The van der Waals surface area contributed by atoms with E-state index in [0.717, 1.165) is 5.39 Å². The van der Waals surface area contributed by atoms with Gasteiger partial charge in [0.05, 0.1) is 11.4 Å². The van der Waals surface area contributed by atoms with Gasteiger partial charge in [0.2, 0.25) is 0 Å². The largest absolute Gasteiger partial charge is 0.381 e. The molecule has 5 rings (SSSR count). The minimum absolute atomic E-state index is 0.0801. The van der Waals surface area contributed by atoms with Crippen molar-refractivity contribution in [3.8, 4) is 17.5 Å². The number of para-hydroxylation sites is 1. The molecule has 3 aromatic heterocycles. The minimum atomic E-state index is -0.543. The summed E-state index contributed by atoms with van der Waals surface area (Å²) in [5.41, 5.74) is 8.38. The maximum Gasteiger partial charge on any atom is 0.264 e. The van der Waals surface area contributed by atoms with Crippen molar-refractivity contribution in [1.82, 2.24) is 24.5 Å². The van der Waals surface area contributed by atoms with Gasteiger partial charge in [0.1, 0.15) is 5.56 Å². The molecule has 5 aromatic rings. The summed E-state index contributed by atoms with van der Waals surface area (Å²) in [6.45, 7) is 3.79. The summed E-state index contributed by atoms with van der Waals surface area (Å²) < 4.78 is 3.09. The van der Waals surface area contributed by atoms with Crippen LogP contribution in [-0.2, 0) is 0 Å². The zero-order valence-electron chi connectivity index (χ0n) is 19.9. The normalized spacial score (nSPS) is 11.7. The number of hydrogen-bond donors (Lipinski definition) is 2. The Bertz CT molecular complexity index is 1720. The maximum absolute atomic E-state index is 13.9. The van der Waals surface area contributed by atoms with E-state index < -0.39 is 11.9 Å². The Morgan fingerprint density at radius 2 is 1.94 bits per heavy atom. The van der Waals surface area contributed by atoms with Crippen LogP contribution in [0.2, 0.25) is 0 Å². The Morgan fingerprint density at radius 3 is 2.72 bits per heavy atom. The first-order valence-corrected chi connectivity index (χ1v) is 11.6. The van der Waals surface area contributed by atoms with Gasteiger partial charge in [-0.05, 0) is 42.6 Å². The van der Waals surface area contributed by atoms with Gasteiger partial charge < -0.3 is 11.1 Å². The average Bonchev–Trinajstić information content (AvgIpc) is 3.23. The van der Waals surface area contributed by atoms with Gasteiger partial charge in [-0.2, -0.15) is 0 Å². The molecule has 0 saturated carbocycles. The second-order valence-electron chi connectivity index (χ2n) is 8.31. The first-order chi connectivity index (χ1) is 17.5. The van der Waals surface area contributed by atoms with E-state index in [0.29, 0.717) is 34.4 Å². The van der Waals surface area contributed by atoms with E-state index in [9.17, 15) is 9.59 Å². The molecule has 0 fully saturated rings. The molecular formula is C28H24N6O2. The van der Waals surface area contributed by atoms with E-state index in [1.165, 1.54) is 4.52 Å². The molecule has 1 amide bonds. The van der Waals surface area contributed by atoms with E-state index in [1.54, 1.807) is 23.0 Å². The standard InChI is InChI=1S/C28H24N6O2/c1-3-4-10-19-11-8-12-20-17-22(34(28(36)23(19)20)21-13-6-5-7-14-21)18(2)31-27(35)24-25(29)32-33-16-9-15-30-26(24)33/h5-9,11-18H,3H2,1-2H3,(H2,29,32)(H,31,35)/t18-/m0/s1. The number of amides is 1. The first-order valence-electron chi connectivity index (χ1n) is 11.6. The average molecular weight is 477 g/mol. The predicted octanol–water partition coefficient (Wildman–Crippen LogP) is 3.87. The predicted molar refractivity (Wildman–Crippen MR) is 140 cm³/mol. The maximum atomic E-state index is 13.9. The molecule has 2 aromatic carbocycles. The minimum Gasteiger partial charge on any atom is -0.381 e. The van der Waals surface area contributed by atoms with Crippen molar-refractivity contribution < 1.29 is 4.79 Å². The summed E-state index contributed by atoms with van der Waals surface area (Å²) in [7, 11) is 0. The molecule has 0 bridgehead atoms. The summed E-state index contributed by atoms with van der Waals surface area (Å²) in [4.78, 5) is 31.5. The van der Waals surface area contributed by atoms with E-state index in [-0.39, 0.29) is 16.9 Å².